The van der Waals surface area contributed by atoms with E-state index in [1.54, 1.807) is 11.0 Å². The molecule has 0 atom stereocenters. The molecule has 1 aromatic rings. The van der Waals surface area contributed by atoms with Crippen molar-refractivity contribution in [3.8, 4) is 0 Å². The molecule has 0 saturated carbocycles. The molecule has 0 radical (unpaired) electrons. The highest BCUT2D eigenvalue weighted by molar-refractivity contribution is 7.89. The van der Waals surface area contributed by atoms with Crippen LogP contribution in [0.3, 0.4) is 0 Å². The first-order valence-electron chi connectivity index (χ1n) is 12.9. The van der Waals surface area contributed by atoms with E-state index in [0.29, 0.717) is 31.0 Å². The number of likely N-dealkylation sites (N-methyl/N-ethyl adjacent to an activating group) is 1. The van der Waals surface area contributed by atoms with Crippen molar-refractivity contribution < 1.29 is 36.3 Å². The van der Waals surface area contributed by atoms with Crippen LogP contribution in [0.5, 0.6) is 0 Å². The van der Waals surface area contributed by atoms with Gasteiger partial charge in [-0.05, 0) is 63.5 Å². The average Bonchev–Trinajstić information content (AvgIpc) is 2.87. The first kappa shape index (κ1) is 32.9. The molecule has 1 aromatic carbocycles. The minimum atomic E-state index is -5.08. The van der Waals surface area contributed by atoms with E-state index in [-0.39, 0.29) is 12.5 Å². The van der Waals surface area contributed by atoms with Crippen LogP contribution >= 0.6 is 0 Å². The third-order valence-corrected chi connectivity index (χ3v) is 8.90. The highest BCUT2D eigenvalue weighted by Crippen LogP contribution is 2.24. The smallest absolute Gasteiger partial charge is 0.475 e. The molecule has 2 heterocycles. The summed E-state index contributed by atoms with van der Waals surface area (Å²) >= 11 is 0. The molecule has 0 aliphatic carbocycles. The Morgan fingerprint density at radius 3 is 2.05 bits per heavy atom. The molecule has 2 N–H and O–H groups in total. The highest BCUT2D eigenvalue weighted by atomic mass is 32.2. The number of hydrogen-bond acceptors (Lipinski definition) is 7. The van der Waals surface area contributed by atoms with Gasteiger partial charge in [0.25, 0.3) is 0 Å². The number of carbonyl (C=O) groups is 2. The lowest BCUT2D eigenvalue weighted by molar-refractivity contribution is -0.192. The molecule has 2 saturated heterocycles. The van der Waals surface area contributed by atoms with Gasteiger partial charge in [-0.2, -0.15) is 17.5 Å². The third-order valence-electron chi connectivity index (χ3n) is 6.91. The fraction of sp³-hybridized carbons (Fsp3) is 0.680. The van der Waals surface area contributed by atoms with E-state index in [2.05, 4.69) is 22.2 Å². The first-order valence-corrected chi connectivity index (χ1v) is 14.3. The summed E-state index contributed by atoms with van der Waals surface area (Å²) in [7, 11) is -1.65. The van der Waals surface area contributed by atoms with E-state index >= 15 is 0 Å². The van der Waals surface area contributed by atoms with Crippen LogP contribution < -0.4 is 5.32 Å². The summed E-state index contributed by atoms with van der Waals surface area (Å²) in [6.45, 7) is 13.6. The molecule has 0 bridgehead atoms. The second-order valence-electron chi connectivity index (χ2n) is 9.97. The molecule has 1 amide bonds. The number of amides is 1. The van der Waals surface area contributed by atoms with Crippen molar-refractivity contribution in [1.82, 2.24) is 24.3 Å². The molecule has 0 spiro atoms. The molecule has 39 heavy (non-hydrogen) atoms. The number of rotatable bonds is 8. The van der Waals surface area contributed by atoms with E-state index < -0.39 is 22.2 Å². The highest BCUT2D eigenvalue weighted by Gasteiger charge is 2.38. The number of alkyl halides is 3. The quantitative estimate of drug-likeness (QED) is 0.474. The van der Waals surface area contributed by atoms with Crippen molar-refractivity contribution in [3.63, 3.8) is 0 Å². The SMILES string of the molecule is Cc1cc(C)c(S(=O)(=O)N(CCCN2CCN(C)CC2)CC(=O)N2CCNCC2)cc1C.O=C(O)C(F)(F)F. The van der Waals surface area contributed by atoms with Gasteiger partial charge in [0, 0.05) is 58.9 Å². The fourth-order valence-corrected chi connectivity index (χ4v) is 6.06. The Hall–Kier alpha value is -2.26. The third kappa shape index (κ3) is 10.0. The summed E-state index contributed by atoms with van der Waals surface area (Å²) < 4.78 is 60.5. The summed E-state index contributed by atoms with van der Waals surface area (Å²) in [6, 6.07) is 3.67. The number of nitrogens with one attached hydrogen (secondary N) is 1. The number of piperazine rings is 2. The average molecular weight is 580 g/mol. The van der Waals surface area contributed by atoms with Gasteiger partial charge in [0.1, 0.15) is 0 Å². The second kappa shape index (κ2) is 14.4. The standard InChI is InChI=1S/C23H39N5O3S.C2HF3O2/c1-19-16-21(3)22(17-20(19)2)32(30,31)28(18-23(29)27-10-6-24-7-11-27)9-5-8-26-14-12-25(4)13-15-26;3-2(4,5)1(6)7/h16-17,24H,5-15,18H2,1-4H3;(H,6,7). The molecule has 222 valence electrons. The minimum Gasteiger partial charge on any atom is -0.475 e. The second-order valence-corrected chi connectivity index (χ2v) is 11.9. The van der Waals surface area contributed by atoms with Crippen LogP contribution in [0, 0.1) is 20.8 Å². The maximum atomic E-state index is 13.7. The monoisotopic (exact) mass is 579 g/mol. The van der Waals surface area contributed by atoms with Gasteiger partial charge in [0.05, 0.1) is 11.4 Å². The number of carboxylic acids is 1. The van der Waals surface area contributed by atoms with Crippen molar-refractivity contribution >= 4 is 21.9 Å². The van der Waals surface area contributed by atoms with Gasteiger partial charge in [0.15, 0.2) is 0 Å². The minimum absolute atomic E-state index is 0.0998. The van der Waals surface area contributed by atoms with Gasteiger partial charge < -0.3 is 25.1 Å². The predicted octanol–water partition coefficient (Wildman–Crippen LogP) is 1.31. The molecular weight excluding hydrogens is 539 g/mol. The lowest BCUT2D eigenvalue weighted by atomic mass is 10.1. The van der Waals surface area contributed by atoms with Crippen LogP contribution in [0.25, 0.3) is 0 Å². The van der Waals surface area contributed by atoms with Crippen molar-refractivity contribution in [2.45, 2.75) is 38.3 Å². The summed E-state index contributed by atoms with van der Waals surface area (Å²) in [5.74, 6) is -2.87. The summed E-state index contributed by atoms with van der Waals surface area (Å²) in [6.07, 6.45) is -4.37. The Balaban J connectivity index is 0.000000673. The number of carbonyl (C=O) groups excluding carboxylic acids is 1. The zero-order chi connectivity index (χ0) is 29.4. The molecule has 2 fully saturated rings. The van der Waals surface area contributed by atoms with Gasteiger partial charge in [-0.3, -0.25) is 4.79 Å². The van der Waals surface area contributed by atoms with Crippen LogP contribution in [0.1, 0.15) is 23.1 Å². The van der Waals surface area contributed by atoms with E-state index in [0.717, 1.165) is 62.5 Å². The van der Waals surface area contributed by atoms with Gasteiger partial charge in [-0.15, -0.1) is 0 Å². The van der Waals surface area contributed by atoms with Crippen molar-refractivity contribution in [2.24, 2.45) is 0 Å². The fourth-order valence-electron chi connectivity index (χ4n) is 4.34. The van der Waals surface area contributed by atoms with Crippen molar-refractivity contribution in [1.29, 1.82) is 0 Å². The van der Waals surface area contributed by atoms with Crippen molar-refractivity contribution in [2.75, 3.05) is 79.0 Å². The Morgan fingerprint density at radius 2 is 1.51 bits per heavy atom. The summed E-state index contributed by atoms with van der Waals surface area (Å²) in [4.78, 5) is 28.6. The maximum Gasteiger partial charge on any atom is 0.490 e. The van der Waals surface area contributed by atoms with Crippen LogP contribution in [0.15, 0.2) is 17.0 Å². The molecule has 2 aliphatic rings. The van der Waals surface area contributed by atoms with Gasteiger partial charge in [-0.1, -0.05) is 6.07 Å². The van der Waals surface area contributed by atoms with E-state index in [9.17, 15) is 26.4 Å². The first-order chi connectivity index (χ1) is 18.1. The maximum absolute atomic E-state index is 13.7. The van der Waals surface area contributed by atoms with Gasteiger partial charge in [0.2, 0.25) is 15.9 Å². The number of aliphatic carboxylic acids is 1. The largest absolute Gasteiger partial charge is 0.490 e. The topological polar surface area (TPSA) is 114 Å². The zero-order valence-electron chi connectivity index (χ0n) is 23.1. The van der Waals surface area contributed by atoms with Gasteiger partial charge >= 0.3 is 12.1 Å². The molecule has 2 aliphatic heterocycles. The number of benzene rings is 1. The molecular formula is C25H40F3N5O5S. The number of carboxylic acid groups (broad SMARTS) is 1. The van der Waals surface area contributed by atoms with E-state index in [4.69, 9.17) is 9.90 Å². The summed E-state index contributed by atoms with van der Waals surface area (Å²) in [5, 5.41) is 10.4. The zero-order valence-corrected chi connectivity index (χ0v) is 23.9. The number of aryl methyl sites for hydroxylation is 3. The Labute approximate surface area is 228 Å². The number of halogens is 3. The summed E-state index contributed by atoms with van der Waals surface area (Å²) in [5.41, 5.74) is 2.74. The molecule has 10 nitrogen and oxygen atoms in total. The van der Waals surface area contributed by atoms with E-state index in [1.165, 1.54) is 4.31 Å². The Morgan fingerprint density at radius 1 is 0.974 bits per heavy atom. The van der Waals surface area contributed by atoms with E-state index in [1.807, 2.05) is 26.8 Å². The van der Waals surface area contributed by atoms with Crippen LogP contribution in [-0.4, -0.2) is 130 Å². The number of hydrogen-bond donors (Lipinski definition) is 2. The number of nitrogens with zero attached hydrogens (tertiary/aromatic N) is 4. The molecule has 14 heteroatoms. The van der Waals surface area contributed by atoms with Crippen LogP contribution in [0.2, 0.25) is 0 Å². The van der Waals surface area contributed by atoms with Crippen molar-refractivity contribution in [3.05, 3.63) is 28.8 Å². The molecule has 3 rings (SSSR count). The number of sulfonamides is 1. The molecule has 0 aromatic heterocycles. The van der Waals surface area contributed by atoms with Crippen LogP contribution in [-0.2, 0) is 19.6 Å². The lowest BCUT2D eigenvalue weighted by Gasteiger charge is -2.33. The Kier molecular flexibility index (Phi) is 12.2. The predicted molar refractivity (Wildman–Crippen MR) is 141 cm³/mol. The normalized spacial score (nSPS) is 17.6. The van der Waals surface area contributed by atoms with Crippen LogP contribution in [0.4, 0.5) is 13.2 Å². The lowest BCUT2D eigenvalue weighted by Crippen LogP contribution is -2.50. The van der Waals surface area contributed by atoms with Gasteiger partial charge in [-0.25, -0.2) is 13.2 Å². The molecule has 0 unspecified atom stereocenters. The Bertz CT molecular complexity index is 1090.